The fraction of sp³-hybridized carbons (Fsp3) is 0.472. The number of quaternary nitrogens is 1. The molecule has 1 amide bonds. The van der Waals surface area contributed by atoms with Crippen LogP contribution in [0, 0.1) is 5.21 Å². The second kappa shape index (κ2) is 15.8. The number of aryl methyl sites for hydroxylation is 1. The number of rotatable bonds is 16. The first-order valence-electron chi connectivity index (χ1n) is 16.9. The Labute approximate surface area is 274 Å². The Morgan fingerprint density at radius 3 is 2.52 bits per heavy atom. The highest BCUT2D eigenvalue weighted by atomic mass is 28.3. The molecule has 0 unspecified atom stereocenters. The Kier molecular flexibility index (Phi) is 11.6. The smallest absolute Gasteiger partial charge is 0.258 e. The number of ether oxygens (including phenoxy) is 1. The topological polar surface area (TPSA) is 97.0 Å². The van der Waals surface area contributed by atoms with Crippen molar-refractivity contribution in [3.05, 3.63) is 89.7 Å². The van der Waals surface area contributed by atoms with E-state index in [1.165, 1.54) is 6.42 Å². The Morgan fingerprint density at radius 1 is 0.957 bits per heavy atom. The number of hydrogen-bond acceptors (Lipinski definition) is 5. The van der Waals surface area contributed by atoms with Gasteiger partial charge in [0.25, 0.3) is 5.91 Å². The summed E-state index contributed by atoms with van der Waals surface area (Å²) in [5, 5.41) is 20.3. The lowest BCUT2D eigenvalue weighted by atomic mass is 10.1. The van der Waals surface area contributed by atoms with Gasteiger partial charge in [-0.25, -0.2) is 9.67 Å². The number of carbonyl (C=O) groups is 1. The second-order valence-electron chi connectivity index (χ2n) is 13.9. The van der Waals surface area contributed by atoms with Gasteiger partial charge in [0.2, 0.25) is 5.95 Å². The van der Waals surface area contributed by atoms with Crippen LogP contribution in [-0.2, 0) is 17.9 Å². The summed E-state index contributed by atoms with van der Waals surface area (Å²) in [6.07, 6.45) is 14.0. The Bertz CT molecular complexity index is 1540. The number of hydrogen-bond donors (Lipinski definition) is 1. The number of aromatic nitrogens is 4. The van der Waals surface area contributed by atoms with Crippen LogP contribution in [0.3, 0.4) is 0 Å². The van der Waals surface area contributed by atoms with Crippen molar-refractivity contribution in [3.8, 4) is 16.8 Å². The van der Waals surface area contributed by atoms with Crippen molar-refractivity contribution < 1.29 is 14.2 Å². The molecule has 46 heavy (non-hydrogen) atoms. The van der Waals surface area contributed by atoms with E-state index in [1.54, 1.807) is 10.9 Å². The van der Waals surface area contributed by atoms with Crippen LogP contribution in [0.5, 0.6) is 0 Å². The summed E-state index contributed by atoms with van der Waals surface area (Å²) in [5.41, 5.74) is 4.28. The minimum atomic E-state index is -1.14. The van der Waals surface area contributed by atoms with E-state index in [4.69, 9.17) is 9.72 Å². The van der Waals surface area contributed by atoms with E-state index in [1.807, 2.05) is 71.6 Å². The molecule has 0 radical (unpaired) electrons. The molecule has 4 aromatic rings. The zero-order valence-corrected chi connectivity index (χ0v) is 28.8. The molecule has 0 atom stereocenters. The maximum absolute atomic E-state index is 13.5. The van der Waals surface area contributed by atoms with Crippen LogP contribution in [-0.4, -0.2) is 64.2 Å². The predicted molar refractivity (Wildman–Crippen MR) is 188 cm³/mol. The number of imidazole rings is 1. The molecule has 5 rings (SSSR count). The summed E-state index contributed by atoms with van der Waals surface area (Å²) in [4.78, 5) is 18.4. The first-order valence-corrected chi connectivity index (χ1v) is 20.6. The zero-order chi connectivity index (χ0) is 32.4. The molecule has 3 heterocycles. The number of unbranched alkanes of at least 4 members (excludes halogenated alkanes) is 3. The van der Waals surface area contributed by atoms with Crippen molar-refractivity contribution >= 4 is 19.9 Å². The Morgan fingerprint density at radius 2 is 1.74 bits per heavy atom. The molecular weight excluding hydrogens is 593 g/mol. The number of hydroxylamine groups is 3. The summed E-state index contributed by atoms with van der Waals surface area (Å²) in [6, 6.07) is 18.7. The van der Waals surface area contributed by atoms with Gasteiger partial charge in [-0.05, 0) is 80.8 Å². The highest BCUT2D eigenvalue weighted by molar-refractivity contribution is 6.76. The number of amides is 1. The van der Waals surface area contributed by atoms with E-state index >= 15 is 0 Å². The molecule has 1 aliphatic rings. The first kappa shape index (κ1) is 33.8. The van der Waals surface area contributed by atoms with Gasteiger partial charge in [0, 0.05) is 43.9 Å². The summed E-state index contributed by atoms with van der Waals surface area (Å²) in [5.74, 6) is 0.286. The van der Waals surface area contributed by atoms with Gasteiger partial charge >= 0.3 is 0 Å². The van der Waals surface area contributed by atoms with E-state index in [9.17, 15) is 10.0 Å². The zero-order valence-electron chi connectivity index (χ0n) is 27.8. The van der Waals surface area contributed by atoms with E-state index in [2.05, 4.69) is 30.1 Å². The molecule has 0 bridgehead atoms. The number of piperidine rings is 1. The largest absolute Gasteiger partial charge is 0.633 e. The quantitative estimate of drug-likeness (QED) is 0.0580. The first-order chi connectivity index (χ1) is 22.2. The molecule has 0 aliphatic carbocycles. The third kappa shape index (κ3) is 9.96. The number of para-hydroxylation sites is 1. The van der Waals surface area contributed by atoms with Crippen LogP contribution in [0.4, 0.5) is 5.95 Å². The maximum atomic E-state index is 13.5. The monoisotopic (exact) mass is 642 g/mol. The van der Waals surface area contributed by atoms with Crippen molar-refractivity contribution in [1.82, 2.24) is 19.3 Å². The molecule has 246 valence electrons. The molecule has 0 saturated carbocycles. The molecule has 1 saturated heterocycles. The van der Waals surface area contributed by atoms with E-state index < -0.39 is 8.07 Å². The average molecular weight is 643 g/mol. The van der Waals surface area contributed by atoms with Gasteiger partial charge in [-0.2, -0.15) is 5.10 Å². The third-order valence-electron chi connectivity index (χ3n) is 8.71. The van der Waals surface area contributed by atoms with Crippen LogP contribution >= 0.6 is 0 Å². The van der Waals surface area contributed by atoms with Crippen molar-refractivity contribution in [1.29, 1.82) is 0 Å². The van der Waals surface area contributed by atoms with Gasteiger partial charge in [-0.3, -0.25) is 14.7 Å². The average Bonchev–Trinajstić information content (AvgIpc) is 3.69. The van der Waals surface area contributed by atoms with E-state index in [0.29, 0.717) is 18.2 Å². The highest BCUT2D eigenvalue weighted by Crippen LogP contribution is 2.23. The molecule has 1 fully saturated rings. The molecule has 2 aromatic heterocycles. The lowest BCUT2D eigenvalue weighted by Gasteiger charge is -2.45. The fourth-order valence-corrected chi connectivity index (χ4v) is 6.68. The van der Waals surface area contributed by atoms with Crippen LogP contribution in [0.1, 0.15) is 61.0 Å². The normalized spacial score (nSPS) is 14.8. The predicted octanol–water partition coefficient (Wildman–Crippen LogP) is 7.90. The van der Waals surface area contributed by atoms with Gasteiger partial charge in [0.15, 0.2) is 0 Å². The minimum absolute atomic E-state index is 0.00491. The van der Waals surface area contributed by atoms with Crippen LogP contribution in [0.25, 0.3) is 16.8 Å². The van der Waals surface area contributed by atoms with Gasteiger partial charge in [-0.15, -0.1) is 0 Å². The van der Waals surface area contributed by atoms with E-state index in [0.717, 1.165) is 99.7 Å². The van der Waals surface area contributed by atoms with Gasteiger partial charge in [0.1, 0.15) is 6.73 Å². The molecule has 9 nitrogen and oxygen atoms in total. The maximum Gasteiger partial charge on any atom is 0.258 e. The molecule has 2 aromatic carbocycles. The fourth-order valence-electron chi connectivity index (χ4n) is 5.93. The highest BCUT2D eigenvalue weighted by Gasteiger charge is 2.20. The number of benzene rings is 2. The summed E-state index contributed by atoms with van der Waals surface area (Å²) >= 11 is 0. The minimum Gasteiger partial charge on any atom is -0.633 e. The molecule has 1 N–H and O–H groups in total. The molecular formula is C36H50N6O3Si. The van der Waals surface area contributed by atoms with Crippen molar-refractivity contribution in [2.75, 3.05) is 31.6 Å². The van der Waals surface area contributed by atoms with Crippen molar-refractivity contribution in [2.24, 2.45) is 0 Å². The summed E-state index contributed by atoms with van der Waals surface area (Å²) < 4.78 is 9.59. The molecule has 0 spiro atoms. The number of carbonyl (C=O) groups excluding carboxylic acids is 1. The van der Waals surface area contributed by atoms with Crippen LogP contribution < -0.4 is 5.32 Å². The summed E-state index contributed by atoms with van der Waals surface area (Å²) in [7, 11) is -1.14. The van der Waals surface area contributed by atoms with E-state index in [-0.39, 0.29) is 10.6 Å². The van der Waals surface area contributed by atoms with Gasteiger partial charge in [-0.1, -0.05) is 56.4 Å². The van der Waals surface area contributed by atoms with Crippen LogP contribution in [0.2, 0.25) is 25.7 Å². The molecule has 1 aliphatic heterocycles. The standard InChI is InChI=1S/C36H50N6O3Si/c1-46(2,3)24-23-45-29-40-27-32(26-37-40)30-15-14-16-31(25-30)35(43)39-36-38-33(28-41(36)34-18-9-6-10-19-34)17-8-4-5-11-20-42(44)21-12-7-13-22-42/h6,9-10,14-16,18-19,25-28H,4-5,7-8,11-13,17,20-24,29H2,1-3H3,(H,38,39,43). The van der Waals surface area contributed by atoms with Crippen molar-refractivity contribution in [2.45, 2.75) is 83.8 Å². The lowest BCUT2D eigenvalue weighted by molar-refractivity contribution is -0.885. The summed E-state index contributed by atoms with van der Waals surface area (Å²) in [6.45, 7) is 10.5. The lowest BCUT2D eigenvalue weighted by Crippen LogP contribution is -2.46. The number of likely N-dealkylation sites (tertiary alicyclic amines) is 1. The molecule has 10 heteroatoms. The number of anilines is 1. The Hall–Kier alpha value is -3.57. The number of nitrogens with zero attached hydrogens (tertiary/aromatic N) is 5. The second-order valence-corrected chi connectivity index (χ2v) is 19.5. The van der Waals surface area contributed by atoms with Gasteiger partial charge < -0.3 is 14.6 Å². The van der Waals surface area contributed by atoms with Gasteiger partial charge in [0.05, 0.1) is 31.5 Å². The SMILES string of the molecule is C[Si](C)(C)CCOCn1cc(-c2cccc(C(=O)Nc3nc(CCCCCC[N+]4([O-])CCCCC4)cn3-c3ccccc3)c2)cn1. The Balaban J connectivity index is 1.19. The third-order valence-corrected chi connectivity index (χ3v) is 10.4. The number of nitrogens with one attached hydrogen (secondary N) is 1. The van der Waals surface area contributed by atoms with Crippen LogP contribution in [0.15, 0.2) is 73.2 Å². The van der Waals surface area contributed by atoms with Crippen molar-refractivity contribution in [3.63, 3.8) is 0 Å².